The number of unbranched alkanes of at least 4 members (excludes halogenated alkanes) is 1. The lowest BCUT2D eigenvalue weighted by Crippen LogP contribution is -2.45. The van der Waals surface area contributed by atoms with E-state index in [2.05, 4.69) is 16.7 Å². The number of rotatable bonds is 15. The molecular formula is C33H45N3O8. The highest BCUT2D eigenvalue weighted by Gasteiger charge is 2.47. The first-order valence-corrected chi connectivity index (χ1v) is 15.5. The summed E-state index contributed by atoms with van der Waals surface area (Å²) in [6, 6.07) is 9.11. The third-order valence-corrected chi connectivity index (χ3v) is 8.84. The number of carboxylic acid groups (broad SMARTS) is 1. The molecule has 3 aliphatic rings. The van der Waals surface area contributed by atoms with E-state index in [0.29, 0.717) is 61.2 Å². The highest BCUT2D eigenvalue weighted by Crippen LogP contribution is 2.47. The fourth-order valence-electron chi connectivity index (χ4n) is 6.61. The third-order valence-electron chi connectivity index (χ3n) is 8.84. The van der Waals surface area contributed by atoms with Gasteiger partial charge in [0.15, 0.2) is 23.0 Å². The van der Waals surface area contributed by atoms with E-state index >= 15 is 0 Å². The zero-order valence-electron chi connectivity index (χ0n) is 26.3. The van der Waals surface area contributed by atoms with Crippen molar-refractivity contribution in [2.45, 2.75) is 51.0 Å². The lowest BCUT2D eigenvalue weighted by Gasteiger charge is -2.30. The first-order chi connectivity index (χ1) is 21.3. The van der Waals surface area contributed by atoms with E-state index < -0.39 is 11.9 Å². The number of aryl methyl sites for hydroxylation is 1. The summed E-state index contributed by atoms with van der Waals surface area (Å²) < 4.78 is 28.2. The number of fused-ring (bicyclic) bond motifs is 2. The topological polar surface area (TPSA) is 110 Å². The van der Waals surface area contributed by atoms with Gasteiger partial charge in [-0.2, -0.15) is 0 Å². The molecule has 1 amide bonds. The normalized spacial score (nSPS) is 20.3. The quantitative estimate of drug-likeness (QED) is 0.319. The molecule has 0 aliphatic carbocycles. The van der Waals surface area contributed by atoms with Crippen LogP contribution in [0.1, 0.15) is 49.7 Å². The predicted molar refractivity (Wildman–Crippen MR) is 164 cm³/mol. The van der Waals surface area contributed by atoms with Gasteiger partial charge >= 0.3 is 5.97 Å². The molecule has 1 N–H and O–H groups in total. The Morgan fingerprint density at radius 2 is 1.75 bits per heavy atom. The maximum atomic E-state index is 13.9. The van der Waals surface area contributed by atoms with Gasteiger partial charge in [0.2, 0.25) is 25.2 Å². The number of aliphatic carboxylic acids is 1. The average Bonchev–Trinajstić information content (AvgIpc) is 3.75. The number of carboxylic acids is 1. The van der Waals surface area contributed by atoms with E-state index in [0.717, 1.165) is 36.9 Å². The molecule has 0 radical (unpaired) electrons. The third kappa shape index (κ3) is 6.99. The van der Waals surface area contributed by atoms with Gasteiger partial charge < -0.3 is 38.6 Å². The Balaban J connectivity index is 1.43. The summed E-state index contributed by atoms with van der Waals surface area (Å²) in [7, 11) is 5.62. The lowest BCUT2D eigenvalue weighted by atomic mass is 9.83. The maximum absolute atomic E-state index is 13.9. The van der Waals surface area contributed by atoms with E-state index in [-0.39, 0.29) is 38.0 Å². The smallest absolute Gasteiger partial charge is 0.308 e. The summed E-state index contributed by atoms with van der Waals surface area (Å²) in [5, 5.41) is 10.7. The molecule has 1 fully saturated rings. The van der Waals surface area contributed by atoms with Crippen molar-refractivity contribution in [2.75, 3.05) is 67.5 Å². The van der Waals surface area contributed by atoms with Gasteiger partial charge in [-0.05, 0) is 75.6 Å². The van der Waals surface area contributed by atoms with Gasteiger partial charge in [-0.25, -0.2) is 0 Å². The Hall–Kier alpha value is -3.70. The number of ether oxygens (including phenoxy) is 5. The fraction of sp³-hybridized carbons (Fsp3) is 0.576. The minimum Gasteiger partial charge on any atom is -0.493 e. The molecule has 5 rings (SSSR count). The standard InChI is InChI=1S/C33H45N3O8/c1-5-6-14-35(15-8-13-34(2)3)29(37)19-36-18-24(23-16-27(40-4)32-28(17-23)42-21-44-32)30(33(38)39)25(36)12-11-22-9-7-10-26-31(22)43-20-41-26/h7,9-10,16-17,24-25,30H,5-6,8,11-15,18-21H2,1-4H3,(H,38,39). The van der Waals surface area contributed by atoms with E-state index in [4.69, 9.17) is 23.7 Å². The molecule has 3 heterocycles. The van der Waals surface area contributed by atoms with Crippen molar-refractivity contribution in [3.63, 3.8) is 0 Å². The molecule has 11 heteroatoms. The molecule has 2 aromatic rings. The number of methoxy groups -OCH3 is 1. The van der Waals surface area contributed by atoms with Crippen molar-refractivity contribution in [1.82, 2.24) is 14.7 Å². The summed E-state index contributed by atoms with van der Waals surface area (Å²) >= 11 is 0. The molecule has 0 bridgehead atoms. The van der Waals surface area contributed by atoms with Gasteiger partial charge in [0, 0.05) is 31.6 Å². The number of nitrogens with zero attached hydrogens (tertiary/aromatic N) is 3. The first kappa shape index (κ1) is 31.7. The summed E-state index contributed by atoms with van der Waals surface area (Å²) in [6.07, 6.45) is 3.93. The van der Waals surface area contributed by atoms with E-state index in [1.54, 1.807) is 7.11 Å². The molecule has 3 aliphatic heterocycles. The van der Waals surface area contributed by atoms with Gasteiger partial charge in [-0.3, -0.25) is 14.5 Å². The van der Waals surface area contributed by atoms with Crippen LogP contribution in [0.15, 0.2) is 30.3 Å². The monoisotopic (exact) mass is 611 g/mol. The summed E-state index contributed by atoms with van der Waals surface area (Å²) in [6.45, 7) is 5.21. The van der Waals surface area contributed by atoms with E-state index in [1.807, 2.05) is 49.3 Å². The van der Waals surface area contributed by atoms with Crippen molar-refractivity contribution in [3.8, 4) is 28.7 Å². The molecule has 0 spiro atoms. The van der Waals surface area contributed by atoms with E-state index in [1.165, 1.54) is 0 Å². The number of carbonyl (C=O) groups excluding carboxylic acids is 1. The first-order valence-electron chi connectivity index (χ1n) is 15.5. The van der Waals surface area contributed by atoms with Crippen LogP contribution < -0.4 is 23.7 Å². The average molecular weight is 612 g/mol. The predicted octanol–water partition coefficient (Wildman–Crippen LogP) is 3.83. The Bertz CT molecular complexity index is 1320. The minimum absolute atomic E-state index is 0.0348. The zero-order chi connectivity index (χ0) is 31.2. The SMILES string of the molecule is CCCCN(CCCN(C)C)C(=O)CN1CC(c2cc(OC)c3c(c2)OCO3)C(C(=O)O)C1CCc1cccc2c1OCO2. The highest BCUT2D eigenvalue weighted by molar-refractivity contribution is 5.79. The summed E-state index contributed by atoms with van der Waals surface area (Å²) in [4.78, 5) is 33.0. The molecule has 0 saturated carbocycles. The molecule has 11 nitrogen and oxygen atoms in total. The van der Waals surface area contributed by atoms with Crippen LogP contribution in [0.25, 0.3) is 0 Å². The highest BCUT2D eigenvalue weighted by atomic mass is 16.7. The van der Waals surface area contributed by atoms with Crippen molar-refractivity contribution in [1.29, 1.82) is 0 Å². The molecule has 240 valence electrons. The number of carbonyl (C=O) groups is 2. The number of hydrogen-bond acceptors (Lipinski definition) is 9. The molecule has 2 aromatic carbocycles. The Morgan fingerprint density at radius 1 is 1.00 bits per heavy atom. The molecular weight excluding hydrogens is 566 g/mol. The van der Waals surface area contributed by atoms with Crippen molar-refractivity contribution in [2.24, 2.45) is 5.92 Å². The van der Waals surface area contributed by atoms with Crippen LogP contribution in [-0.4, -0.2) is 105 Å². The summed E-state index contributed by atoms with van der Waals surface area (Å²) in [5.41, 5.74) is 1.77. The molecule has 1 saturated heterocycles. The Kier molecular flexibility index (Phi) is 10.4. The second kappa shape index (κ2) is 14.4. The van der Waals surface area contributed by atoms with Crippen LogP contribution >= 0.6 is 0 Å². The minimum atomic E-state index is -0.890. The molecule has 0 aromatic heterocycles. The van der Waals surface area contributed by atoms with Gasteiger partial charge in [0.25, 0.3) is 0 Å². The maximum Gasteiger partial charge on any atom is 0.308 e. The van der Waals surface area contributed by atoms with Crippen LogP contribution in [0.4, 0.5) is 0 Å². The van der Waals surface area contributed by atoms with Gasteiger partial charge in [-0.1, -0.05) is 25.5 Å². The van der Waals surface area contributed by atoms with E-state index in [9.17, 15) is 14.7 Å². The van der Waals surface area contributed by atoms with Crippen molar-refractivity contribution in [3.05, 3.63) is 41.5 Å². The van der Waals surface area contributed by atoms with Crippen LogP contribution in [0.3, 0.4) is 0 Å². The molecule has 3 unspecified atom stereocenters. The van der Waals surface area contributed by atoms with Crippen LogP contribution in [-0.2, 0) is 16.0 Å². The Labute approximate surface area is 259 Å². The second-order valence-corrected chi connectivity index (χ2v) is 12.0. The van der Waals surface area contributed by atoms with Crippen LogP contribution in [0.5, 0.6) is 28.7 Å². The van der Waals surface area contributed by atoms with Crippen molar-refractivity contribution >= 4 is 11.9 Å². The number of likely N-dealkylation sites (tertiary alicyclic amines) is 1. The van der Waals surface area contributed by atoms with Crippen molar-refractivity contribution < 1.29 is 38.4 Å². The van der Waals surface area contributed by atoms with Gasteiger partial charge in [0.05, 0.1) is 19.6 Å². The van der Waals surface area contributed by atoms with Crippen LogP contribution in [0, 0.1) is 5.92 Å². The number of para-hydroxylation sites is 1. The van der Waals surface area contributed by atoms with Gasteiger partial charge in [-0.15, -0.1) is 0 Å². The Morgan fingerprint density at radius 3 is 2.48 bits per heavy atom. The second-order valence-electron chi connectivity index (χ2n) is 12.0. The molecule has 3 atom stereocenters. The van der Waals surface area contributed by atoms with Gasteiger partial charge in [0.1, 0.15) is 0 Å². The largest absolute Gasteiger partial charge is 0.493 e. The summed E-state index contributed by atoms with van der Waals surface area (Å²) in [5.74, 6) is 0.994. The number of benzene rings is 2. The number of hydrogen-bond donors (Lipinski definition) is 1. The lowest BCUT2D eigenvalue weighted by molar-refractivity contribution is -0.143. The molecule has 44 heavy (non-hydrogen) atoms. The zero-order valence-corrected chi connectivity index (χ0v) is 26.3. The fourth-order valence-corrected chi connectivity index (χ4v) is 6.61. The van der Waals surface area contributed by atoms with Crippen LogP contribution in [0.2, 0.25) is 0 Å². The number of amides is 1.